The number of carbonyl (C=O) groups is 1. The summed E-state index contributed by atoms with van der Waals surface area (Å²) in [7, 11) is 0. The van der Waals surface area contributed by atoms with Gasteiger partial charge in [0.1, 0.15) is 11.6 Å². The lowest BCUT2D eigenvalue weighted by Gasteiger charge is -2.16. The topological polar surface area (TPSA) is 96.0 Å². The van der Waals surface area contributed by atoms with Crippen LogP contribution in [0.4, 0.5) is 14.6 Å². The van der Waals surface area contributed by atoms with E-state index >= 15 is 0 Å². The molecule has 2 N–H and O–H groups in total. The lowest BCUT2D eigenvalue weighted by Crippen LogP contribution is -2.30. The first kappa shape index (κ1) is 22.0. The van der Waals surface area contributed by atoms with Gasteiger partial charge in [0.15, 0.2) is 17.2 Å². The molecule has 8 nitrogen and oxygen atoms in total. The van der Waals surface area contributed by atoms with E-state index in [4.69, 9.17) is 16.3 Å². The Labute approximate surface area is 197 Å². The van der Waals surface area contributed by atoms with Crippen LogP contribution < -0.4 is 10.1 Å². The van der Waals surface area contributed by atoms with Gasteiger partial charge in [0.2, 0.25) is 5.91 Å². The maximum Gasteiger partial charge on any atom is 0.326 e. The maximum absolute atomic E-state index is 14.1. The molecule has 34 heavy (non-hydrogen) atoms. The third-order valence-electron chi connectivity index (χ3n) is 5.48. The Morgan fingerprint density at radius 1 is 1.18 bits per heavy atom. The number of likely N-dealkylation sites (tertiary alicyclic amines) is 1. The van der Waals surface area contributed by atoms with Crippen molar-refractivity contribution in [2.24, 2.45) is 0 Å². The van der Waals surface area contributed by atoms with Crippen LogP contribution in [0.2, 0.25) is 5.02 Å². The Balaban J connectivity index is 1.52. The van der Waals surface area contributed by atoms with Crippen LogP contribution in [0.15, 0.2) is 42.5 Å². The van der Waals surface area contributed by atoms with Gasteiger partial charge in [-0.1, -0.05) is 29.8 Å². The maximum atomic E-state index is 14.1. The molecule has 0 radical (unpaired) electrons. The molecule has 0 aliphatic carbocycles. The highest BCUT2D eigenvalue weighted by Crippen LogP contribution is 2.36. The van der Waals surface area contributed by atoms with Gasteiger partial charge >= 0.3 is 6.01 Å². The smallest absolute Gasteiger partial charge is 0.326 e. The van der Waals surface area contributed by atoms with Crippen molar-refractivity contribution in [3.8, 4) is 23.0 Å². The minimum absolute atomic E-state index is 0.116. The molecule has 0 spiro atoms. The molecule has 1 saturated heterocycles. The molecule has 2 aromatic heterocycles. The number of nitrogens with zero attached hydrogens (tertiary/aromatic N) is 4. The minimum atomic E-state index is -0.885. The van der Waals surface area contributed by atoms with Crippen LogP contribution in [0, 0.1) is 11.6 Å². The van der Waals surface area contributed by atoms with E-state index in [0.717, 1.165) is 18.6 Å². The Kier molecular flexibility index (Phi) is 5.97. The first-order valence-electron chi connectivity index (χ1n) is 10.6. The number of hydrogen-bond donors (Lipinski definition) is 2. The number of ether oxygens (including phenoxy) is 1. The van der Waals surface area contributed by atoms with E-state index in [1.54, 1.807) is 11.0 Å². The summed E-state index contributed by atoms with van der Waals surface area (Å²) in [5.74, 6) is -1.35. The molecule has 0 atom stereocenters. The highest BCUT2D eigenvalue weighted by atomic mass is 35.5. The fraction of sp³-hybridized carbons (Fsp3) is 0.217. The number of amides is 1. The summed E-state index contributed by atoms with van der Waals surface area (Å²) in [6.07, 6.45) is 1.40. The first-order chi connectivity index (χ1) is 16.5. The number of aromatic amines is 1. The third kappa shape index (κ3) is 4.36. The van der Waals surface area contributed by atoms with Crippen molar-refractivity contribution in [2.45, 2.75) is 12.8 Å². The molecule has 0 unspecified atom stereocenters. The van der Waals surface area contributed by atoms with Crippen LogP contribution in [-0.4, -0.2) is 50.6 Å². The Morgan fingerprint density at radius 3 is 2.79 bits per heavy atom. The SMILES string of the molecule is O=C1CCCN1CCNc1nc(Oc2ccc(F)cc2F)nc2n[nH]c(-c3ccccc3Cl)c12. The van der Waals surface area contributed by atoms with Crippen molar-refractivity contribution in [2.75, 3.05) is 25.0 Å². The number of benzene rings is 2. The van der Waals surface area contributed by atoms with Crippen LogP contribution in [0.3, 0.4) is 0 Å². The molecule has 1 aliphatic heterocycles. The van der Waals surface area contributed by atoms with Gasteiger partial charge in [-0.05, 0) is 24.6 Å². The van der Waals surface area contributed by atoms with Crippen LogP contribution in [-0.2, 0) is 4.79 Å². The zero-order valence-corrected chi connectivity index (χ0v) is 18.6. The van der Waals surface area contributed by atoms with E-state index < -0.39 is 11.6 Å². The average molecular weight is 485 g/mol. The van der Waals surface area contributed by atoms with Crippen LogP contribution in [0.1, 0.15) is 12.8 Å². The van der Waals surface area contributed by atoms with Gasteiger partial charge in [-0.3, -0.25) is 9.89 Å². The number of hydrogen-bond acceptors (Lipinski definition) is 6. The second-order valence-electron chi connectivity index (χ2n) is 7.72. The third-order valence-corrected chi connectivity index (χ3v) is 5.81. The average Bonchev–Trinajstić information content (AvgIpc) is 3.42. The summed E-state index contributed by atoms with van der Waals surface area (Å²) in [6.45, 7) is 1.62. The van der Waals surface area contributed by atoms with Gasteiger partial charge in [0, 0.05) is 42.7 Å². The number of fused-ring (bicyclic) bond motifs is 1. The van der Waals surface area contributed by atoms with Gasteiger partial charge in [-0.15, -0.1) is 0 Å². The fourth-order valence-corrected chi connectivity index (χ4v) is 4.07. The van der Waals surface area contributed by atoms with E-state index in [1.165, 1.54) is 0 Å². The summed E-state index contributed by atoms with van der Waals surface area (Å²) in [6, 6.07) is 10.0. The van der Waals surface area contributed by atoms with Crippen molar-refractivity contribution in [3.05, 3.63) is 59.1 Å². The molecule has 174 valence electrons. The Hall–Kier alpha value is -3.79. The van der Waals surface area contributed by atoms with Crippen molar-refractivity contribution in [3.63, 3.8) is 0 Å². The number of H-pyrrole nitrogens is 1. The van der Waals surface area contributed by atoms with Crippen molar-refractivity contribution < 1.29 is 18.3 Å². The minimum Gasteiger partial charge on any atom is -0.421 e. The van der Waals surface area contributed by atoms with Crippen LogP contribution in [0.5, 0.6) is 11.8 Å². The molecule has 0 bridgehead atoms. The second-order valence-corrected chi connectivity index (χ2v) is 8.13. The van der Waals surface area contributed by atoms with Crippen LogP contribution in [0.25, 0.3) is 22.3 Å². The highest BCUT2D eigenvalue weighted by molar-refractivity contribution is 6.33. The fourth-order valence-electron chi connectivity index (χ4n) is 3.84. The largest absolute Gasteiger partial charge is 0.421 e. The summed E-state index contributed by atoms with van der Waals surface area (Å²) in [5, 5.41) is 11.5. The molecule has 4 aromatic rings. The predicted octanol–water partition coefficient (Wildman–Crippen LogP) is 4.78. The Morgan fingerprint density at radius 2 is 2.03 bits per heavy atom. The standard InChI is InChI=1S/C23H19ClF2N6O2/c24-15-5-2-1-4-14(15)20-19-21(27-9-11-32-10-3-6-18(32)33)28-23(29-22(19)31-30-20)34-17-8-7-13(25)12-16(17)26/h1-2,4-5,7-8,12H,3,6,9-11H2,(H2,27,28,29,30,31). The van der Waals surface area contributed by atoms with Gasteiger partial charge in [-0.25, -0.2) is 8.78 Å². The molecule has 2 aromatic carbocycles. The number of halogens is 3. The van der Waals surface area contributed by atoms with Crippen molar-refractivity contribution in [1.29, 1.82) is 0 Å². The van der Waals surface area contributed by atoms with E-state index in [2.05, 4.69) is 25.5 Å². The molecule has 1 fully saturated rings. The number of nitrogens with one attached hydrogen (secondary N) is 2. The monoisotopic (exact) mass is 484 g/mol. The number of anilines is 1. The number of aromatic nitrogens is 4. The summed E-state index contributed by atoms with van der Waals surface area (Å²) in [4.78, 5) is 22.4. The molecular weight excluding hydrogens is 466 g/mol. The van der Waals surface area contributed by atoms with Crippen LogP contribution >= 0.6 is 11.6 Å². The molecule has 0 saturated carbocycles. The van der Waals surface area contributed by atoms with E-state index in [-0.39, 0.29) is 23.3 Å². The summed E-state index contributed by atoms with van der Waals surface area (Å²) >= 11 is 6.39. The molecule has 5 rings (SSSR count). The molecule has 11 heteroatoms. The number of rotatable bonds is 7. The number of carbonyl (C=O) groups excluding carboxylic acids is 1. The molecule has 1 aliphatic rings. The molecule has 1 amide bonds. The van der Waals surface area contributed by atoms with Gasteiger partial charge in [-0.2, -0.15) is 15.1 Å². The zero-order chi connectivity index (χ0) is 23.7. The normalized spacial score (nSPS) is 13.6. The molecular formula is C23H19ClF2N6O2. The zero-order valence-electron chi connectivity index (χ0n) is 17.8. The predicted molar refractivity (Wildman–Crippen MR) is 123 cm³/mol. The molecule has 3 heterocycles. The summed E-state index contributed by atoms with van der Waals surface area (Å²) < 4.78 is 32.9. The van der Waals surface area contributed by atoms with Gasteiger partial charge in [0.05, 0.1) is 11.1 Å². The lowest BCUT2D eigenvalue weighted by molar-refractivity contribution is -0.127. The van der Waals surface area contributed by atoms with Gasteiger partial charge < -0.3 is 15.0 Å². The van der Waals surface area contributed by atoms with Crippen molar-refractivity contribution >= 4 is 34.4 Å². The summed E-state index contributed by atoms with van der Waals surface area (Å²) in [5.41, 5.74) is 1.56. The van der Waals surface area contributed by atoms with Gasteiger partial charge in [0.25, 0.3) is 0 Å². The van der Waals surface area contributed by atoms with Crippen molar-refractivity contribution in [1.82, 2.24) is 25.1 Å². The highest BCUT2D eigenvalue weighted by Gasteiger charge is 2.22. The van der Waals surface area contributed by atoms with E-state index in [1.807, 2.05) is 18.2 Å². The van der Waals surface area contributed by atoms with E-state index in [9.17, 15) is 13.6 Å². The first-order valence-corrected chi connectivity index (χ1v) is 11.0. The van der Waals surface area contributed by atoms with E-state index in [0.29, 0.717) is 59.6 Å². The quantitative estimate of drug-likeness (QED) is 0.392. The second kappa shape index (κ2) is 9.22. The lowest BCUT2D eigenvalue weighted by atomic mass is 10.1. The Bertz CT molecular complexity index is 1380.